The Balaban J connectivity index is 1.43. The Morgan fingerprint density at radius 3 is 2.23 bits per heavy atom. The van der Waals surface area contributed by atoms with Gasteiger partial charge in [-0.2, -0.15) is 13.2 Å². The summed E-state index contributed by atoms with van der Waals surface area (Å²) < 4.78 is 38.0. The molecule has 162 valence electrons. The van der Waals surface area contributed by atoms with E-state index in [4.69, 9.17) is 11.6 Å². The quantitative estimate of drug-likeness (QED) is 0.604. The number of hydrogen-bond donors (Lipinski definition) is 0. The molecule has 0 saturated carbocycles. The number of piperidine rings is 1. The highest BCUT2D eigenvalue weighted by molar-refractivity contribution is 6.30. The number of amides is 1. The lowest BCUT2D eigenvalue weighted by atomic mass is 9.95. The number of benzene rings is 2. The lowest BCUT2D eigenvalue weighted by molar-refractivity contribution is -0.137. The van der Waals surface area contributed by atoms with Crippen molar-refractivity contribution in [2.75, 3.05) is 33.2 Å². The van der Waals surface area contributed by atoms with Gasteiger partial charge in [0.2, 0.25) is 0 Å². The minimum absolute atomic E-state index is 0.242. The molecule has 1 aliphatic heterocycles. The van der Waals surface area contributed by atoms with Crippen molar-refractivity contribution in [2.24, 2.45) is 5.92 Å². The van der Waals surface area contributed by atoms with Crippen LogP contribution >= 0.6 is 11.6 Å². The maximum atomic E-state index is 12.7. The lowest BCUT2D eigenvalue weighted by Gasteiger charge is -2.34. The molecule has 1 heterocycles. The van der Waals surface area contributed by atoms with Gasteiger partial charge in [0.25, 0.3) is 5.91 Å². The number of carbonyl (C=O) groups excluding carboxylic acids is 1. The lowest BCUT2D eigenvalue weighted by Crippen LogP contribution is -2.40. The molecule has 7 heteroatoms. The maximum absolute atomic E-state index is 12.7. The van der Waals surface area contributed by atoms with Crippen LogP contribution in [0.5, 0.6) is 0 Å². The minimum Gasteiger partial charge on any atom is -0.341 e. The zero-order valence-corrected chi connectivity index (χ0v) is 17.7. The molecule has 1 saturated heterocycles. The maximum Gasteiger partial charge on any atom is 0.416 e. The molecular formula is C23H26ClF3N2O. The number of halogens is 4. The summed E-state index contributed by atoms with van der Waals surface area (Å²) in [6, 6.07) is 12.3. The second kappa shape index (κ2) is 9.84. The van der Waals surface area contributed by atoms with Gasteiger partial charge >= 0.3 is 6.18 Å². The van der Waals surface area contributed by atoms with Crippen LogP contribution in [0.3, 0.4) is 0 Å². The van der Waals surface area contributed by atoms with Crippen LogP contribution in [0.15, 0.2) is 48.5 Å². The van der Waals surface area contributed by atoms with Gasteiger partial charge in [0.15, 0.2) is 0 Å². The van der Waals surface area contributed by atoms with E-state index < -0.39 is 11.7 Å². The highest BCUT2D eigenvalue weighted by Crippen LogP contribution is 2.29. The van der Waals surface area contributed by atoms with E-state index in [0.29, 0.717) is 12.5 Å². The highest BCUT2D eigenvalue weighted by Gasteiger charge is 2.30. The van der Waals surface area contributed by atoms with Gasteiger partial charge in [-0.05, 0) is 80.2 Å². The Labute approximate surface area is 180 Å². The van der Waals surface area contributed by atoms with Crippen LogP contribution in [0.1, 0.15) is 34.3 Å². The first-order valence-electron chi connectivity index (χ1n) is 10.1. The average molecular weight is 439 g/mol. The van der Waals surface area contributed by atoms with Gasteiger partial charge in [0.05, 0.1) is 5.56 Å². The fourth-order valence-corrected chi connectivity index (χ4v) is 3.95. The Morgan fingerprint density at radius 2 is 1.67 bits per heavy atom. The van der Waals surface area contributed by atoms with E-state index in [1.807, 2.05) is 12.1 Å². The Morgan fingerprint density at radius 1 is 1.07 bits per heavy atom. The van der Waals surface area contributed by atoms with Crippen molar-refractivity contribution in [3.05, 3.63) is 70.2 Å². The summed E-state index contributed by atoms with van der Waals surface area (Å²) >= 11 is 5.92. The first-order valence-corrected chi connectivity index (χ1v) is 10.5. The number of hydrogen-bond acceptors (Lipinski definition) is 2. The minimum atomic E-state index is -4.39. The zero-order valence-electron chi connectivity index (χ0n) is 17.0. The topological polar surface area (TPSA) is 23.6 Å². The Hall–Kier alpha value is -2.05. The predicted octanol–water partition coefficient (Wildman–Crippen LogP) is 5.39. The monoisotopic (exact) mass is 438 g/mol. The molecule has 3 nitrogen and oxygen atoms in total. The molecule has 1 fully saturated rings. The second-order valence-corrected chi connectivity index (χ2v) is 8.36. The van der Waals surface area contributed by atoms with Crippen molar-refractivity contribution >= 4 is 17.5 Å². The van der Waals surface area contributed by atoms with Crippen molar-refractivity contribution in [3.8, 4) is 0 Å². The summed E-state index contributed by atoms with van der Waals surface area (Å²) in [7, 11) is 1.72. The molecule has 0 bridgehead atoms. The zero-order chi connectivity index (χ0) is 21.7. The fourth-order valence-electron chi connectivity index (χ4n) is 3.82. The summed E-state index contributed by atoms with van der Waals surface area (Å²) in [6.45, 7) is 3.58. The van der Waals surface area contributed by atoms with E-state index in [-0.39, 0.29) is 11.5 Å². The number of rotatable bonds is 6. The summed E-state index contributed by atoms with van der Waals surface area (Å²) in [5.41, 5.74) is 0.807. The van der Waals surface area contributed by atoms with Crippen molar-refractivity contribution in [3.63, 3.8) is 0 Å². The summed E-state index contributed by atoms with van der Waals surface area (Å²) in [5.74, 6) is 0.161. The SMILES string of the molecule is CN(CC1CCN(CCc2ccc(Cl)cc2)CC1)C(=O)c1ccc(C(F)(F)F)cc1. The first-order chi connectivity index (χ1) is 14.2. The van der Waals surface area contributed by atoms with E-state index in [1.54, 1.807) is 11.9 Å². The van der Waals surface area contributed by atoms with Crippen LogP contribution in [0.2, 0.25) is 5.02 Å². The molecule has 3 rings (SSSR count). The highest BCUT2D eigenvalue weighted by atomic mass is 35.5. The van der Waals surface area contributed by atoms with Gasteiger partial charge < -0.3 is 9.80 Å². The number of carbonyl (C=O) groups is 1. The smallest absolute Gasteiger partial charge is 0.341 e. The van der Waals surface area contributed by atoms with Gasteiger partial charge in [0.1, 0.15) is 0 Å². The molecule has 0 spiro atoms. The summed E-state index contributed by atoms with van der Waals surface area (Å²) in [6.07, 6.45) is -1.40. The fraction of sp³-hybridized carbons (Fsp3) is 0.435. The Bertz CT molecular complexity index is 829. The summed E-state index contributed by atoms with van der Waals surface area (Å²) in [4.78, 5) is 16.6. The molecule has 0 radical (unpaired) electrons. The van der Waals surface area contributed by atoms with E-state index in [2.05, 4.69) is 17.0 Å². The average Bonchev–Trinajstić information content (AvgIpc) is 2.73. The van der Waals surface area contributed by atoms with Crippen LogP contribution in [0, 0.1) is 5.92 Å². The second-order valence-electron chi connectivity index (χ2n) is 7.92. The third-order valence-corrected chi connectivity index (χ3v) is 5.93. The normalized spacial score (nSPS) is 15.9. The third-order valence-electron chi connectivity index (χ3n) is 5.68. The van der Waals surface area contributed by atoms with Gasteiger partial charge in [-0.15, -0.1) is 0 Å². The molecule has 0 aromatic heterocycles. The molecule has 2 aromatic carbocycles. The number of alkyl halides is 3. The van der Waals surface area contributed by atoms with Crippen LogP contribution in [-0.4, -0.2) is 48.9 Å². The van der Waals surface area contributed by atoms with E-state index in [0.717, 1.165) is 56.1 Å². The van der Waals surface area contributed by atoms with Crippen molar-refractivity contribution in [1.29, 1.82) is 0 Å². The van der Waals surface area contributed by atoms with Crippen LogP contribution in [0.25, 0.3) is 0 Å². The molecular weight excluding hydrogens is 413 g/mol. The molecule has 30 heavy (non-hydrogen) atoms. The molecule has 2 aromatic rings. The molecule has 0 unspecified atom stereocenters. The summed E-state index contributed by atoms with van der Waals surface area (Å²) in [5, 5.41) is 0.745. The van der Waals surface area contributed by atoms with E-state index >= 15 is 0 Å². The van der Waals surface area contributed by atoms with Crippen molar-refractivity contribution < 1.29 is 18.0 Å². The standard InChI is InChI=1S/C23H26ClF3N2O/c1-28(22(30)19-4-6-20(7-5-19)23(25,26)27)16-18-11-14-29(15-12-18)13-10-17-2-8-21(24)9-3-17/h2-9,18H,10-16H2,1H3. The van der Waals surface area contributed by atoms with Crippen LogP contribution in [-0.2, 0) is 12.6 Å². The predicted molar refractivity (Wildman–Crippen MR) is 113 cm³/mol. The van der Waals surface area contributed by atoms with Gasteiger partial charge in [0, 0.05) is 30.7 Å². The third kappa shape index (κ3) is 6.22. The van der Waals surface area contributed by atoms with Crippen molar-refractivity contribution in [2.45, 2.75) is 25.4 Å². The first kappa shape index (κ1) is 22.6. The Kier molecular flexibility index (Phi) is 7.42. The molecule has 0 aliphatic carbocycles. The molecule has 1 aliphatic rings. The largest absolute Gasteiger partial charge is 0.416 e. The van der Waals surface area contributed by atoms with E-state index in [1.165, 1.54) is 17.7 Å². The van der Waals surface area contributed by atoms with Crippen LogP contribution in [0.4, 0.5) is 13.2 Å². The van der Waals surface area contributed by atoms with Gasteiger partial charge in [-0.25, -0.2) is 0 Å². The van der Waals surface area contributed by atoms with Gasteiger partial charge in [-0.1, -0.05) is 23.7 Å². The molecule has 0 atom stereocenters. The van der Waals surface area contributed by atoms with Crippen molar-refractivity contribution in [1.82, 2.24) is 9.80 Å². The number of likely N-dealkylation sites (tertiary alicyclic amines) is 1. The van der Waals surface area contributed by atoms with Crippen LogP contribution < -0.4 is 0 Å². The number of nitrogens with zero attached hydrogens (tertiary/aromatic N) is 2. The van der Waals surface area contributed by atoms with Gasteiger partial charge in [-0.3, -0.25) is 4.79 Å². The molecule has 1 amide bonds. The molecule has 0 N–H and O–H groups in total. The van der Waals surface area contributed by atoms with E-state index in [9.17, 15) is 18.0 Å².